The van der Waals surface area contributed by atoms with Gasteiger partial charge in [0.1, 0.15) is 5.25 Å². The highest BCUT2D eigenvalue weighted by atomic mass is 32.2. The fourth-order valence-electron chi connectivity index (χ4n) is 1.84. The lowest BCUT2D eigenvalue weighted by atomic mass is 9.91. The molecule has 2 rings (SSSR count). The maximum atomic E-state index is 11.5. The normalized spacial score (nSPS) is 21.1. The van der Waals surface area contributed by atoms with Crippen molar-refractivity contribution in [3.63, 3.8) is 0 Å². The summed E-state index contributed by atoms with van der Waals surface area (Å²) in [5, 5.41) is 3.95. The molecule has 5 heteroatoms. The van der Waals surface area contributed by atoms with Crippen LogP contribution in [0.4, 0.5) is 0 Å². The van der Waals surface area contributed by atoms with E-state index in [0.717, 1.165) is 11.1 Å². The molecule has 2 N–H and O–H groups in total. The Morgan fingerprint density at radius 1 is 1.20 bits per heavy atom. The van der Waals surface area contributed by atoms with Gasteiger partial charge in [-0.1, -0.05) is 24.3 Å². The lowest BCUT2D eigenvalue weighted by Gasteiger charge is -2.21. The summed E-state index contributed by atoms with van der Waals surface area (Å²) in [6.07, 6.45) is 0.366. The molecular formula is C10H11NO3S. The van der Waals surface area contributed by atoms with Crippen molar-refractivity contribution in [1.82, 2.24) is 0 Å². The molecule has 15 heavy (non-hydrogen) atoms. The Morgan fingerprint density at radius 3 is 2.40 bits per heavy atom. The van der Waals surface area contributed by atoms with Gasteiger partial charge < -0.3 is 0 Å². The van der Waals surface area contributed by atoms with Crippen molar-refractivity contribution in [2.45, 2.75) is 18.1 Å². The third kappa shape index (κ3) is 1.93. The first-order valence-electron chi connectivity index (χ1n) is 4.59. The number of hydrogen-bond acceptors (Lipinski definition) is 3. The zero-order valence-electron chi connectivity index (χ0n) is 8.01. The largest absolute Gasteiger partial charge is 0.298 e. The monoisotopic (exact) mass is 225 g/mol. The van der Waals surface area contributed by atoms with E-state index in [1.54, 1.807) is 0 Å². The Labute approximate surface area is 88.1 Å². The van der Waals surface area contributed by atoms with Crippen LogP contribution in [0.2, 0.25) is 0 Å². The summed E-state index contributed by atoms with van der Waals surface area (Å²) in [6.45, 7) is 0. The zero-order valence-corrected chi connectivity index (χ0v) is 8.83. The Hall–Kier alpha value is -1.20. The second-order valence-electron chi connectivity index (χ2n) is 3.69. The Kier molecular flexibility index (Phi) is 2.36. The molecule has 1 aliphatic rings. The Morgan fingerprint density at radius 2 is 1.80 bits per heavy atom. The molecule has 0 aliphatic heterocycles. The van der Waals surface area contributed by atoms with Gasteiger partial charge in [0, 0.05) is 6.42 Å². The van der Waals surface area contributed by atoms with E-state index in [2.05, 4.69) is 0 Å². The minimum Gasteiger partial charge on any atom is -0.298 e. The maximum Gasteiger partial charge on any atom is 0.219 e. The van der Waals surface area contributed by atoms with Crippen LogP contribution in [-0.2, 0) is 27.7 Å². The summed E-state index contributed by atoms with van der Waals surface area (Å²) in [7, 11) is -3.77. The number of hydrogen-bond donors (Lipinski definition) is 1. The van der Waals surface area contributed by atoms with Crippen molar-refractivity contribution in [1.29, 1.82) is 0 Å². The number of carbonyl (C=O) groups excluding carboxylic acids is 1. The first-order chi connectivity index (χ1) is 6.98. The molecule has 0 aromatic heterocycles. The number of benzene rings is 1. The predicted octanol–water partition coefficient (Wildman–Crippen LogP) is 0.0114. The summed E-state index contributed by atoms with van der Waals surface area (Å²) in [5.41, 5.74) is 1.80. The molecule has 80 valence electrons. The molecule has 1 aromatic rings. The number of ketones is 1. The summed E-state index contributed by atoms with van der Waals surface area (Å²) < 4.78 is 22.3. The first-order valence-corrected chi connectivity index (χ1v) is 6.20. The van der Waals surface area contributed by atoms with E-state index in [-0.39, 0.29) is 18.6 Å². The predicted molar refractivity (Wildman–Crippen MR) is 55.8 cm³/mol. The van der Waals surface area contributed by atoms with Crippen LogP contribution in [0.3, 0.4) is 0 Å². The fraction of sp³-hybridized carbons (Fsp3) is 0.300. The van der Waals surface area contributed by atoms with Crippen molar-refractivity contribution >= 4 is 15.8 Å². The topological polar surface area (TPSA) is 77.2 Å². The lowest BCUT2D eigenvalue weighted by molar-refractivity contribution is -0.118. The van der Waals surface area contributed by atoms with Gasteiger partial charge in [-0.3, -0.25) is 4.79 Å². The first kappa shape index (κ1) is 10.3. The number of nitrogens with two attached hydrogens (primary N) is 1. The van der Waals surface area contributed by atoms with Gasteiger partial charge in [0.25, 0.3) is 0 Å². The number of Topliss-reactive ketones (excluding diaryl/α,β-unsaturated/α-hetero) is 1. The van der Waals surface area contributed by atoms with Gasteiger partial charge in [-0.15, -0.1) is 0 Å². The summed E-state index contributed by atoms with van der Waals surface area (Å²) >= 11 is 0. The van der Waals surface area contributed by atoms with Crippen molar-refractivity contribution in [3.8, 4) is 0 Å². The molecule has 0 fully saturated rings. The minimum atomic E-state index is -3.77. The number of carbonyl (C=O) groups is 1. The molecule has 0 radical (unpaired) electrons. The molecule has 1 atom stereocenters. The molecular weight excluding hydrogens is 214 g/mol. The maximum absolute atomic E-state index is 11.5. The third-order valence-electron chi connectivity index (χ3n) is 2.64. The van der Waals surface area contributed by atoms with Gasteiger partial charge in [-0.25, -0.2) is 13.6 Å². The third-order valence-corrected chi connectivity index (χ3v) is 3.87. The van der Waals surface area contributed by atoms with Crippen LogP contribution in [-0.4, -0.2) is 19.5 Å². The van der Waals surface area contributed by atoms with Gasteiger partial charge in [0.05, 0.1) is 0 Å². The van der Waals surface area contributed by atoms with Crippen molar-refractivity contribution in [2.75, 3.05) is 0 Å². The summed E-state index contributed by atoms with van der Waals surface area (Å²) in [5.74, 6) is -0.309. The zero-order chi connectivity index (χ0) is 11.1. The molecule has 0 bridgehead atoms. The summed E-state index contributed by atoms with van der Waals surface area (Å²) in [6, 6.07) is 7.34. The minimum absolute atomic E-state index is 0.164. The Balaban J connectivity index is 2.43. The van der Waals surface area contributed by atoms with E-state index in [1.165, 1.54) is 0 Å². The molecule has 0 saturated heterocycles. The second kappa shape index (κ2) is 3.43. The molecule has 1 aliphatic carbocycles. The standard InChI is InChI=1S/C10H11NO3S/c11-15(13,14)10-6-8-4-2-1-3-7(8)5-9(10)12/h1-4,10H,5-6H2,(H2,11,13,14). The lowest BCUT2D eigenvalue weighted by Crippen LogP contribution is -2.41. The van der Waals surface area contributed by atoms with Crippen LogP contribution in [0.15, 0.2) is 24.3 Å². The van der Waals surface area contributed by atoms with E-state index >= 15 is 0 Å². The smallest absolute Gasteiger partial charge is 0.219 e. The van der Waals surface area contributed by atoms with E-state index in [0.29, 0.717) is 0 Å². The van der Waals surface area contributed by atoms with E-state index in [1.807, 2.05) is 24.3 Å². The fourth-order valence-corrected chi connectivity index (χ4v) is 2.71. The SMILES string of the molecule is NS(=O)(=O)C1Cc2ccccc2CC1=O. The van der Waals surface area contributed by atoms with Gasteiger partial charge in [-0.2, -0.15) is 0 Å². The van der Waals surface area contributed by atoms with Crippen molar-refractivity contribution in [2.24, 2.45) is 5.14 Å². The van der Waals surface area contributed by atoms with Gasteiger partial charge >= 0.3 is 0 Å². The highest BCUT2D eigenvalue weighted by Gasteiger charge is 2.33. The van der Waals surface area contributed by atoms with Crippen molar-refractivity contribution < 1.29 is 13.2 Å². The quantitative estimate of drug-likeness (QED) is 0.731. The Bertz CT molecular complexity index is 507. The molecule has 0 heterocycles. The van der Waals surface area contributed by atoms with Gasteiger partial charge in [-0.05, 0) is 17.5 Å². The molecule has 0 saturated carbocycles. The average Bonchev–Trinajstić information content (AvgIpc) is 2.15. The molecule has 1 unspecified atom stereocenters. The molecule has 4 nitrogen and oxygen atoms in total. The second-order valence-corrected chi connectivity index (χ2v) is 5.44. The van der Waals surface area contributed by atoms with Crippen LogP contribution >= 0.6 is 0 Å². The van der Waals surface area contributed by atoms with Crippen LogP contribution < -0.4 is 5.14 Å². The van der Waals surface area contributed by atoms with Gasteiger partial charge in [0.2, 0.25) is 10.0 Å². The van der Waals surface area contributed by atoms with E-state index < -0.39 is 15.3 Å². The van der Waals surface area contributed by atoms with Crippen LogP contribution in [0.5, 0.6) is 0 Å². The number of rotatable bonds is 1. The number of fused-ring (bicyclic) bond motifs is 1. The summed E-state index contributed by atoms with van der Waals surface area (Å²) in [4.78, 5) is 11.5. The van der Waals surface area contributed by atoms with Crippen molar-refractivity contribution in [3.05, 3.63) is 35.4 Å². The van der Waals surface area contributed by atoms with Crippen LogP contribution in [0, 0.1) is 0 Å². The van der Waals surface area contributed by atoms with E-state index in [9.17, 15) is 13.2 Å². The van der Waals surface area contributed by atoms with Crippen LogP contribution in [0.1, 0.15) is 11.1 Å². The van der Waals surface area contributed by atoms with Gasteiger partial charge in [0.15, 0.2) is 5.78 Å². The van der Waals surface area contributed by atoms with E-state index in [4.69, 9.17) is 5.14 Å². The highest BCUT2D eigenvalue weighted by molar-refractivity contribution is 7.90. The molecule has 0 amide bonds. The number of primary sulfonamides is 1. The molecule has 1 aromatic carbocycles. The van der Waals surface area contributed by atoms with Crippen LogP contribution in [0.25, 0.3) is 0 Å². The molecule has 0 spiro atoms. The average molecular weight is 225 g/mol. The number of sulfonamides is 1. The highest BCUT2D eigenvalue weighted by Crippen LogP contribution is 2.21.